The molecule has 1 atom stereocenters. The second kappa shape index (κ2) is 6.79. The van der Waals surface area contributed by atoms with Gasteiger partial charge in [-0.05, 0) is 30.0 Å². The van der Waals surface area contributed by atoms with E-state index < -0.39 is 11.6 Å². The largest absolute Gasteiger partial charge is 0.353 e. The van der Waals surface area contributed by atoms with Crippen molar-refractivity contribution in [2.75, 3.05) is 6.54 Å². The Hall–Kier alpha value is -1.49. The van der Waals surface area contributed by atoms with Crippen LogP contribution in [-0.2, 0) is 11.2 Å². The van der Waals surface area contributed by atoms with E-state index in [0.29, 0.717) is 13.0 Å². The third kappa shape index (κ3) is 4.89. The summed E-state index contributed by atoms with van der Waals surface area (Å²) >= 11 is 0. The van der Waals surface area contributed by atoms with Gasteiger partial charge < -0.3 is 11.1 Å². The fourth-order valence-corrected chi connectivity index (χ4v) is 1.97. The van der Waals surface area contributed by atoms with E-state index >= 15 is 0 Å². The number of nitrogens with two attached hydrogens (primary N) is 1. The number of hydrogen-bond donors (Lipinski definition) is 2. The molecule has 1 rings (SSSR count). The van der Waals surface area contributed by atoms with Crippen molar-refractivity contribution in [1.82, 2.24) is 5.32 Å². The molecule has 1 amide bonds. The van der Waals surface area contributed by atoms with Crippen molar-refractivity contribution < 1.29 is 13.6 Å². The molecule has 0 radical (unpaired) electrons. The molecule has 0 fully saturated rings. The molecule has 0 spiro atoms. The molecule has 0 aliphatic carbocycles. The highest BCUT2D eigenvalue weighted by Gasteiger charge is 2.25. The number of carbonyl (C=O) groups is 1. The highest BCUT2D eigenvalue weighted by Crippen LogP contribution is 2.21. The zero-order valence-electron chi connectivity index (χ0n) is 12.2. The van der Waals surface area contributed by atoms with Crippen LogP contribution in [0.15, 0.2) is 18.2 Å². The molecule has 0 saturated carbocycles. The smallest absolute Gasteiger partial charge is 0.224 e. The zero-order valence-corrected chi connectivity index (χ0v) is 12.2. The van der Waals surface area contributed by atoms with Gasteiger partial charge in [-0.15, -0.1) is 0 Å². The quantitative estimate of drug-likeness (QED) is 0.872. The molecule has 0 aliphatic rings. The molecule has 5 heteroatoms. The van der Waals surface area contributed by atoms with Crippen molar-refractivity contribution in [3.05, 3.63) is 35.4 Å². The van der Waals surface area contributed by atoms with Crippen LogP contribution in [0.1, 0.15) is 32.8 Å². The van der Waals surface area contributed by atoms with Gasteiger partial charge in [-0.2, -0.15) is 0 Å². The van der Waals surface area contributed by atoms with Crippen molar-refractivity contribution in [1.29, 1.82) is 0 Å². The highest BCUT2D eigenvalue weighted by molar-refractivity contribution is 5.79. The van der Waals surface area contributed by atoms with Crippen LogP contribution in [-0.4, -0.2) is 18.5 Å². The van der Waals surface area contributed by atoms with Crippen molar-refractivity contribution >= 4 is 5.91 Å². The Morgan fingerprint density at radius 1 is 1.35 bits per heavy atom. The third-order valence-electron chi connectivity index (χ3n) is 3.20. The summed E-state index contributed by atoms with van der Waals surface area (Å²) < 4.78 is 26.3. The zero-order chi connectivity index (χ0) is 15.3. The van der Waals surface area contributed by atoms with E-state index in [0.717, 1.165) is 12.1 Å². The van der Waals surface area contributed by atoms with Crippen LogP contribution in [0.2, 0.25) is 0 Å². The highest BCUT2D eigenvalue weighted by atomic mass is 19.1. The number of benzene rings is 1. The van der Waals surface area contributed by atoms with Crippen molar-refractivity contribution in [3.63, 3.8) is 0 Å². The maximum absolute atomic E-state index is 13.5. The van der Waals surface area contributed by atoms with Gasteiger partial charge in [-0.1, -0.05) is 26.8 Å². The summed E-state index contributed by atoms with van der Waals surface area (Å²) in [6.07, 6.45) is 0.546. The van der Waals surface area contributed by atoms with E-state index in [1.807, 2.05) is 20.8 Å². The van der Waals surface area contributed by atoms with Crippen molar-refractivity contribution in [3.8, 4) is 0 Å². The lowest BCUT2D eigenvalue weighted by atomic mass is 9.84. The maximum Gasteiger partial charge on any atom is 0.224 e. The van der Waals surface area contributed by atoms with Gasteiger partial charge in [0.1, 0.15) is 11.6 Å². The molecule has 1 aromatic carbocycles. The van der Waals surface area contributed by atoms with Crippen molar-refractivity contribution in [2.24, 2.45) is 11.1 Å². The molecule has 20 heavy (non-hydrogen) atoms. The summed E-state index contributed by atoms with van der Waals surface area (Å²) in [5.41, 5.74) is 5.60. The fraction of sp³-hybridized carbons (Fsp3) is 0.533. The number of hydrogen-bond acceptors (Lipinski definition) is 2. The molecule has 3 N–H and O–H groups in total. The first-order valence-electron chi connectivity index (χ1n) is 6.67. The van der Waals surface area contributed by atoms with Crippen LogP contribution in [0.5, 0.6) is 0 Å². The molecular weight excluding hydrogens is 262 g/mol. The third-order valence-corrected chi connectivity index (χ3v) is 3.20. The van der Waals surface area contributed by atoms with Crippen LogP contribution in [0.4, 0.5) is 8.78 Å². The lowest BCUT2D eigenvalue weighted by Gasteiger charge is -2.31. The number of rotatable bonds is 5. The maximum atomic E-state index is 13.5. The Labute approximate surface area is 118 Å². The normalized spacial score (nSPS) is 13.1. The second-order valence-electron chi connectivity index (χ2n) is 5.98. The first-order chi connectivity index (χ1) is 9.24. The summed E-state index contributed by atoms with van der Waals surface area (Å²) in [7, 11) is 0. The van der Waals surface area contributed by atoms with Crippen LogP contribution in [0, 0.1) is 17.0 Å². The number of nitrogens with one attached hydrogen (secondary N) is 1. The van der Waals surface area contributed by atoms with Gasteiger partial charge in [-0.25, -0.2) is 8.78 Å². The molecule has 0 aromatic heterocycles. The molecule has 3 nitrogen and oxygen atoms in total. The second-order valence-corrected chi connectivity index (χ2v) is 5.98. The summed E-state index contributed by atoms with van der Waals surface area (Å²) in [5, 5.41) is 2.87. The summed E-state index contributed by atoms with van der Waals surface area (Å²) in [4.78, 5) is 12.0. The minimum Gasteiger partial charge on any atom is -0.353 e. The summed E-state index contributed by atoms with van der Waals surface area (Å²) in [6.45, 7) is 6.48. The molecular formula is C15H22F2N2O. The van der Waals surface area contributed by atoms with Crippen LogP contribution >= 0.6 is 0 Å². The Morgan fingerprint density at radius 3 is 2.50 bits per heavy atom. The predicted octanol–water partition coefficient (Wildman–Crippen LogP) is 2.39. The Balaban J connectivity index is 2.70. The number of carbonyl (C=O) groups excluding carboxylic acids is 1. The molecule has 1 unspecified atom stereocenters. The van der Waals surface area contributed by atoms with E-state index in [-0.39, 0.29) is 29.3 Å². The monoisotopic (exact) mass is 284 g/mol. The van der Waals surface area contributed by atoms with Gasteiger partial charge in [-0.3, -0.25) is 4.79 Å². The molecule has 112 valence electrons. The number of amides is 1. The van der Waals surface area contributed by atoms with Gasteiger partial charge >= 0.3 is 0 Å². The molecule has 1 aromatic rings. The van der Waals surface area contributed by atoms with Crippen molar-refractivity contribution in [2.45, 2.75) is 39.7 Å². The van der Waals surface area contributed by atoms with Gasteiger partial charge in [0, 0.05) is 12.1 Å². The first-order valence-corrected chi connectivity index (χ1v) is 6.67. The molecule has 0 bridgehead atoms. The standard InChI is InChI=1S/C15H22F2N2O/c1-15(2,3)13(6-7-18)19-14(20)8-10-4-5-11(16)9-12(10)17/h4-5,9,13H,6-8,18H2,1-3H3,(H,19,20). The van der Waals surface area contributed by atoms with E-state index in [9.17, 15) is 13.6 Å². The lowest BCUT2D eigenvalue weighted by molar-refractivity contribution is -0.122. The van der Waals surface area contributed by atoms with Crippen LogP contribution in [0.3, 0.4) is 0 Å². The molecule has 0 heterocycles. The average Bonchev–Trinajstić information content (AvgIpc) is 2.31. The fourth-order valence-electron chi connectivity index (χ4n) is 1.97. The van der Waals surface area contributed by atoms with Crippen LogP contribution < -0.4 is 11.1 Å². The average molecular weight is 284 g/mol. The van der Waals surface area contributed by atoms with E-state index in [1.165, 1.54) is 6.07 Å². The summed E-state index contributed by atoms with van der Waals surface area (Å²) in [5.74, 6) is -1.64. The molecule has 0 saturated heterocycles. The Bertz CT molecular complexity index is 469. The van der Waals surface area contributed by atoms with E-state index in [4.69, 9.17) is 5.73 Å². The van der Waals surface area contributed by atoms with Gasteiger partial charge in [0.15, 0.2) is 0 Å². The van der Waals surface area contributed by atoms with Crippen LogP contribution in [0.25, 0.3) is 0 Å². The number of halogens is 2. The van der Waals surface area contributed by atoms with Gasteiger partial charge in [0.25, 0.3) is 0 Å². The van der Waals surface area contributed by atoms with Gasteiger partial charge in [0.05, 0.1) is 6.42 Å². The Morgan fingerprint density at radius 2 is 2.00 bits per heavy atom. The lowest BCUT2D eigenvalue weighted by Crippen LogP contribution is -2.45. The SMILES string of the molecule is CC(C)(C)C(CCN)NC(=O)Cc1ccc(F)cc1F. The minimum atomic E-state index is -0.703. The first kappa shape index (κ1) is 16.6. The molecule has 0 aliphatic heterocycles. The minimum absolute atomic E-state index is 0.0801. The Kier molecular flexibility index (Phi) is 5.62. The topological polar surface area (TPSA) is 55.1 Å². The van der Waals surface area contributed by atoms with Gasteiger partial charge in [0.2, 0.25) is 5.91 Å². The van der Waals surface area contributed by atoms with E-state index in [1.54, 1.807) is 0 Å². The predicted molar refractivity (Wildman–Crippen MR) is 75.1 cm³/mol. The van der Waals surface area contributed by atoms with E-state index in [2.05, 4.69) is 5.32 Å². The summed E-state index contributed by atoms with van der Waals surface area (Å²) in [6, 6.07) is 3.14.